The van der Waals surface area contributed by atoms with Crippen molar-refractivity contribution in [1.29, 1.82) is 0 Å². The first kappa shape index (κ1) is 15.8. The Balaban J connectivity index is 0. The Morgan fingerprint density at radius 2 is 1.56 bits per heavy atom. The Labute approximate surface area is 116 Å². The van der Waals surface area contributed by atoms with Gasteiger partial charge in [-0.25, -0.2) is 16.8 Å². The summed E-state index contributed by atoms with van der Waals surface area (Å²) in [6.07, 6.45) is 0. The van der Waals surface area contributed by atoms with Crippen LogP contribution in [0.5, 0.6) is 0 Å². The van der Waals surface area contributed by atoms with E-state index in [0.717, 1.165) is 0 Å². The maximum atomic E-state index is 10.6. The molecule has 0 aliphatic rings. The first-order valence-corrected chi connectivity index (χ1v) is 6.25. The molecule has 1 aromatic carbocycles. The smallest absolute Gasteiger partial charge is 0.744 e. The number of nitrogens with two attached hydrogens (primary N) is 1. The van der Waals surface area contributed by atoms with Gasteiger partial charge in [-0.05, 0) is 18.2 Å². The quantitative estimate of drug-likeness (QED) is 0.331. The van der Waals surface area contributed by atoms with E-state index in [1.807, 2.05) is 0 Å². The first-order chi connectivity index (χ1) is 6.62. The second-order valence-corrected chi connectivity index (χ2v) is 5.34. The van der Waals surface area contributed by atoms with E-state index >= 15 is 0 Å². The van der Waals surface area contributed by atoms with E-state index in [-0.39, 0.29) is 31.0 Å². The standard InChI is InChI=1S/C6H7NO6S2.Na/c7-5-3-4(14(8,9)10)1-2-6(5)15(11,12)13;/h1-3H,7H2,(H,8,9,10)(H,11,12,13);/q;+1/p-1. The molecule has 0 radical (unpaired) electrons. The van der Waals surface area contributed by atoms with Crippen molar-refractivity contribution in [2.75, 3.05) is 5.73 Å². The summed E-state index contributed by atoms with van der Waals surface area (Å²) in [5.41, 5.74) is 4.55. The predicted octanol–water partition coefficient (Wildman–Crippen LogP) is -3.81. The van der Waals surface area contributed by atoms with Gasteiger partial charge in [-0.15, -0.1) is 0 Å². The summed E-state index contributed by atoms with van der Waals surface area (Å²) < 4.78 is 63.2. The van der Waals surface area contributed by atoms with E-state index in [0.29, 0.717) is 18.2 Å². The van der Waals surface area contributed by atoms with Gasteiger partial charge in [0.1, 0.15) is 20.2 Å². The number of benzene rings is 1. The van der Waals surface area contributed by atoms with Gasteiger partial charge in [0.2, 0.25) is 0 Å². The number of rotatable bonds is 2. The molecule has 10 heteroatoms. The second-order valence-electron chi connectivity index (χ2n) is 2.61. The SMILES string of the molecule is Nc1cc(S(=O)(=O)[O-])ccc1S(=O)(=O)[O-].[H+].[Na+]. The van der Waals surface area contributed by atoms with Gasteiger partial charge in [-0.1, -0.05) is 0 Å². The third kappa shape index (κ3) is 3.70. The van der Waals surface area contributed by atoms with E-state index in [2.05, 4.69) is 0 Å². The van der Waals surface area contributed by atoms with Gasteiger partial charge in [0.25, 0.3) is 0 Å². The van der Waals surface area contributed by atoms with Crippen molar-refractivity contribution in [3.05, 3.63) is 18.2 Å². The Morgan fingerprint density at radius 3 is 1.88 bits per heavy atom. The molecule has 0 bridgehead atoms. The summed E-state index contributed by atoms with van der Waals surface area (Å²) in [7, 11) is -9.48. The van der Waals surface area contributed by atoms with Crippen LogP contribution in [0.4, 0.5) is 5.69 Å². The van der Waals surface area contributed by atoms with Crippen molar-refractivity contribution in [3.8, 4) is 0 Å². The van der Waals surface area contributed by atoms with Crippen LogP contribution in [0.2, 0.25) is 0 Å². The van der Waals surface area contributed by atoms with Gasteiger partial charge < -0.3 is 14.8 Å². The van der Waals surface area contributed by atoms with Crippen molar-refractivity contribution in [1.82, 2.24) is 0 Å². The van der Waals surface area contributed by atoms with Crippen molar-refractivity contribution in [2.45, 2.75) is 9.79 Å². The fourth-order valence-corrected chi connectivity index (χ4v) is 2.00. The van der Waals surface area contributed by atoms with Crippen molar-refractivity contribution >= 4 is 25.9 Å². The van der Waals surface area contributed by atoms with Gasteiger partial charge in [0.15, 0.2) is 0 Å². The molecule has 0 amide bonds. The number of anilines is 1. The van der Waals surface area contributed by atoms with E-state index in [1.54, 1.807) is 0 Å². The molecular weight excluding hydrogens is 269 g/mol. The molecule has 0 aliphatic carbocycles. The van der Waals surface area contributed by atoms with Crippen molar-refractivity contribution in [3.63, 3.8) is 0 Å². The summed E-state index contributed by atoms with van der Waals surface area (Å²) in [6.45, 7) is 0. The summed E-state index contributed by atoms with van der Waals surface area (Å²) in [5.74, 6) is 0. The third-order valence-corrected chi connectivity index (χ3v) is 3.28. The van der Waals surface area contributed by atoms with Crippen LogP contribution in [0.1, 0.15) is 1.43 Å². The minimum atomic E-state index is -4.77. The van der Waals surface area contributed by atoms with E-state index in [9.17, 15) is 25.9 Å². The zero-order chi connectivity index (χ0) is 11.9. The van der Waals surface area contributed by atoms with Crippen LogP contribution in [-0.2, 0) is 20.2 Å². The average molecular weight is 275 g/mol. The molecule has 0 heterocycles. The van der Waals surface area contributed by atoms with Crippen LogP contribution in [0.25, 0.3) is 0 Å². The molecule has 0 atom stereocenters. The molecule has 0 saturated heterocycles. The zero-order valence-electron chi connectivity index (χ0n) is 9.08. The first-order valence-electron chi connectivity index (χ1n) is 3.43. The molecule has 0 unspecified atom stereocenters. The molecule has 0 saturated carbocycles. The molecule has 0 spiro atoms. The maximum Gasteiger partial charge on any atom is 1.00 e. The van der Waals surface area contributed by atoms with Crippen molar-refractivity contribution < 1.29 is 56.9 Å². The van der Waals surface area contributed by atoms with E-state index < -0.39 is 35.7 Å². The minimum absolute atomic E-state index is 0. The van der Waals surface area contributed by atoms with Crippen LogP contribution >= 0.6 is 0 Å². The molecule has 84 valence electrons. The fourth-order valence-electron chi connectivity index (χ4n) is 0.910. The van der Waals surface area contributed by atoms with Crippen LogP contribution in [0.3, 0.4) is 0 Å². The molecule has 0 fully saturated rings. The van der Waals surface area contributed by atoms with Crippen LogP contribution < -0.4 is 35.3 Å². The van der Waals surface area contributed by atoms with E-state index in [1.165, 1.54) is 0 Å². The van der Waals surface area contributed by atoms with Gasteiger partial charge in [0.05, 0.1) is 15.5 Å². The average Bonchev–Trinajstić information content (AvgIpc) is 1.99. The van der Waals surface area contributed by atoms with Gasteiger partial charge >= 0.3 is 31.0 Å². The fraction of sp³-hybridized carbons (Fsp3) is 0. The number of hydrogen-bond acceptors (Lipinski definition) is 7. The Kier molecular flexibility index (Phi) is 4.95. The van der Waals surface area contributed by atoms with Crippen LogP contribution in [0.15, 0.2) is 28.0 Å². The number of hydrogen-bond donors (Lipinski definition) is 1. The Bertz CT molecular complexity index is 599. The third-order valence-electron chi connectivity index (χ3n) is 1.54. The monoisotopic (exact) mass is 275 g/mol. The summed E-state index contributed by atoms with van der Waals surface area (Å²) in [6, 6.07) is 2.03. The Hall–Kier alpha value is -0.160. The van der Waals surface area contributed by atoms with E-state index in [4.69, 9.17) is 5.73 Å². The topological polar surface area (TPSA) is 140 Å². The normalized spacial score (nSPS) is 11.9. The minimum Gasteiger partial charge on any atom is -0.744 e. The van der Waals surface area contributed by atoms with Crippen LogP contribution in [-0.4, -0.2) is 25.9 Å². The van der Waals surface area contributed by atoms with Crippen molar-refractivity contribution in [2.24, 2.45) is 0 Å². The zero-order valence-corrected chi connectivity index (χ0v) is 11.7. The largest absolute Gasteiger partial charge is 1.00 e. The summed E-state index contributed by atoms with van der Waals surface area (Å²) in [5, 5.41) is 0. The van der Waals surface area contributed by atoms with Crippen LogP contribution in [0, 0.1) is 0 Å². The summed E-state index contributed by atoms with van der Waals surface area (Å²) in [4.78, 5) is -1.44. The predicted molar refractivity (Wildman–Crippen MR) is 47.9 cm³/mol. The molecule has 1 aromatic rings. The Morgan fingerprint density at radius 1 is 1.06 bits per heavy atom. The molecule has 7 nitrogen and oxygen atoms in total. The number of nitrogen functional groups attached to an aromatic ring is 1. The molecular formula is C6H6NNaO6S2. The van der Waals surface area contributed by atoms with Gasteiger partial charge in [-0.3, -0.25) is 0 Å². The molecule has 16 heavy (non-hydrogen) atoms. The molecule has 2 N–H and O–H groups in total. The summed E-state index contributed by atoms with van der Waals surface area (Å²) >= 11 is 0. The molecule has 0 aromatic heterocycles. The van der Waals surface area contributed by atoms with Gasteiger partial charge in [-0.2, -0.15) is 0 Å². The maximum absolute atomic E-state index is 10.6. The molecule has 1 rings (SSSR count). The molecule has 0 aliphatic heterocycles. The second kappa shape index (κ2) is 5.00. The van der Waals surface area contributed by atoms with Gasteiger partial charge in [0, 0.05) is 0 Å².